The Morgan fingerprint density at radius 2 is 1.88 bits per heavy atom. The smallest absolute Gasteiger partial charge is 0.335 e. The summed E-state index contributed by atoms with van der Waals surface area (Å²) in [5.74, 6) is -2.13. The molecule has 0 aliphatic carbocycles. The third kappa shape index (κ3) is 4.01. The molecule has 0 saturated carbocycles. The predicted molar refractivity (Wildman–Crippen MR) is 99.0 cm³/mol. The minimum Gasteiger partial charge on any atom is -0.478 e. The fourth-order valence-corrected chi connectivity index (χ4v) is 3.74. The molecule has 132 valence electrons. The van der Waals surface area contributed by atoms with Crippen molar-refractivity contribution in [3.63, 3.8) is 0 Å². The number of aromatic carboxylic acids is 1. The molecule has 1 aromatic carbocycles. The number of nitrogens with one attached hydrogen (secondary N) is 1. The molecular formula is C17H12N2O5S2. The Balaban J connectivity index is 1.64. The van der Waals surface area contributed by atoms with E-state index < -0.39 is 29.6 Å². The summed E-state index contributed by atoms with van der Waals surface area (Å²) in [5.41, 5.74) is 0.466. The average molecular weight is 388 g/mol. The van der Waals surface area contributed by atoms with Crippen LogP contribution in [0.25, 0.3) is 6.08 Å². The molecule has 0 spiro atoms. The van der Waals surface area contributed by atoms with Crippen molar-refractivity contribution in [2.45, 2.75) is 0 Å². The summed E-state index contributed by atoms with van der Waals surface area (Å²) in [6.07, 6.45) is 1.62. The van der Waals surface area contributed by atoms with E-state index in [9.17, 15) is 19.2 Å². The largest absolute Gasteiger partial charge is 0.478 e. The van der Waals surface area contributed by atoms with Gasteiger partial charge in [-0.15, -0.1) is 11.3 Å². The Morgan fingerprint density at radius 3 is 2.50 bits per heavy atom. The lowest BCUT2D eigenvalue weighted by atomic mass is 10.2. The van der Waals surface area contributed by atoms with Gasteiger partial charge in [-0.2, -0.15) is 0 Å². The number of hydrogen-bond donors (Lipinski definition) is 2. The molecule has 0 radical (unpaired) electrons. The first kappa shape index (κ1) is 17.9. The lowest BCUT2D eigenvalue weighted by Crippen LogP contribution is -2.36. The average Bonchev–Trinajstić information content (AvgIpc) is 3.20. The lowest BCUT2D eigenvalue weighted by molar-refractivity contribution is -0.127. The highest BCUT2D eigenvalue weighted by Crippen LogP contribution is 2.32. The highest BCUT2D eigenvalue weighted by Gasteiger charge is 2.36. The van der Waals surface area contributed by atoms with E-state index in [2.05, 4.69) is 5.32 Å². The number of anilines is 1. The van der Waals surface area contributed by atoms with Gasteiger partial charge in [0.05, 0.1) is 10.5 Å². The first-order valence-corrected chi connectivity index (χ1v) is 9.06. The second-order valence-corrected chi connectivity index (χ2v) is 7.19. The standard InChI is InChI=1S/C17H12N2O5S2/c20-14(18-11-5-3-10(4-6-11)16(22)23)9-19-15(21)13(26-17(19)24)8-12-2-1-7-25-12/h1-8H,9H2,(H,18,20)(H,22,23)/b13-8+. The topological polar surface area (TPSA) is 104 Å². The van der Waals surface area contributed by atoms with Crippen LogP contribution in [0.1, 0.15) is 15.2 Å². The van der Waals surface area contributed by atoms with E-state index in [1.54, 1.807) is 6.08 Å². The summed E-state index contributed by atoms with van der Waals surface area (Å²) in [4.78, 5) is 49.2. The Labute approximate surface area is 156 Å². The van der Waals surface area contributed by atoms with Crippen LogP contribution in [0.15, 0.2) is 46.7 Å². The quantitative estimate of drug-likeness (QED) is 0.763. The van der Waals surface area contributed by atoms with Gasteiger partial charge in [0.2, 0.25) is 5.91 Å². The zero-order chi connectivity index (χ0) is 18.7. The Bertz CT molecular complexity index is 904. The maximum absolute atomic E-state index is 12.3. The highest BCUT2D eigenvalue weighted by molar-refractivity contribution is 8.18. The van der Waals surface area contributed by atoms with Gasteiger partial charge >= 0.3 is 5.97 Å². The van der Waals surface area contributed by atoms with Crippen LogP contribution in [0.4, 0.5) is 10.5 Å². The van der Waals surface area contributed by atoms with Gasteiger partial charge in [0, 0.05) is 10.6 Å². The van der Waals surface area contributed by atoms with Gasteiger partial charge < -0.3 is 10.4 Å². The number of nitrogens with zero attached hydrogens (tertiary/aromatic N) is 1. The first-order chi connectivity index (χ1) is 12.4. The summed E-state index contributed by atoms with van der Waals surface area (Å²) in [6.45, 7) is -0.410. The Morgan fingerprint density at radius 1 is 1.15 bits per heavy atom. The Kier molecular flexibility index (Phi) is 5.19. The third-order valence-electron chi connectivity index (χ3n) is 3.41. The van der Waals surface area contributed by atoms with E-state index in [1.165, 1.54) is 35.6 Å². The molecule has 3 rings (SSSR count). The molecule has 1 aliphatic rings. The third-order valence-corrected chi connectivity index (χ3v) is 5.13. The van der Waals surface area contributed by atoms with E-state index in [0.717, 1.165) is 21.5 Å². The molecule has 7 nitrogen and oxygen atoms in total. The number of carboxylic acid groups (broad SMARTS) is 1. The number of benzene rings is 1. The van der Waals surface area contributed by atoms with Crippen LogP contribution < -0.4 is 5.32 Å². The van der Waals surface area contributed by atoms with Gasteiger partial charge in [-0.05, 0) is 53.5 Å². The summed E-state index contributed by atoms with van der Waals surface area (Å²) in [7, 11) is 0. The fraction of sp³-hybridized carbons (Fsp3) is 0.0588. The van der Waals surface area contributed by atoms with E-state index in [0.29, 0.717) is 5.69 Å². The lowest BCUT2D eigenvalue weighted by Gasteiger charge is -2.12. The minimum absolute atomic E-state index is 0.0904. The number of rotatable bonds is 5. The van der Waals surface area contributed by atoms with Crippen LogP contribution in [0.2, 0.25) is 0 Å². The zero-order valence-corrected chi connectivity index (χ0v) is 14.8. The normalized spacial score (nSPS) is 15.5. The minimum atomic E-state index is -1.07. The molecule has 1 aromatic heterocycles. The second kappa shape index (κ2) is 7.54. The predicted octanol–water partition coefficient (Wildman–Crippen LogP) is 3.12. The molecule has 0 unspecified atom stereocenters. The monoisotopic (exact) mass is 388 g/mol. The van der Waals surface area contributed by atoms with Crippen LogP contribution >= 0.6 is 23.1 Å². The molecule has 1 fully saturated rings. The maximum atomic E-state index is 12.3. The van der Waals surface area contributed by atoms with E-state index in [4.69, 9.17) is 5.11 Å². The van der Waals surface area contributed by atoms with Gasteiger partial charge in [0.1, 0.15) is 6.54 Å². The number of carbonyl (C=O) groups is 4. The SMILES string of the molecule is O=C(CN1C(=O)S/C(=C/c2cccs2)C1=O)Nc1ccc(C(=O)O)cc1. The zero-order valence-electron chi connectivity index (χ0n) is 13.2. The van der Waals surface area contributed by atoms with Crippen molar-refractivity contribution in [2.75, 3.05) is 11.9 Å². The number of thiophene rings is 1. The van der Waals surface area contributed by atoms with Gasteiger partial charge in [0.25, 0.3) is 11.1 Å². The number of thioether (sulfide) groups is 1. The van der Waals surface area contributed by atoms with Crippen LogP contribution in [-0.2, 0) is 9.59 Å². The summed E-state index contributed by atoms with van der Waals surface area (Å²) < 4.78 is 0. The molecule has 26 heavy (non-hydrogen) atoms. The van der Waals surface area contributed by atoms with Gasteiger partial charge in [-0.3, -0.25) is 19.3 Å². The number of hydrogen-bond acceptors (Lipinski definition) is 6. The van der Waals surface area contributed by atoms with Crippen molar-refractivity contribution in [3.8, 4) is 0 Å². The molecule has 0 bridgehead atoms. The van der Waals surface area contributed by atoms with Crippen molar-refractivity contribution in [3.05, 3.63) is 57.1 Å². The van der Waals surface area contributed by atoms with E-state index in [-0.39, 0.29) is 10.5 Å². The van der Waals surface area contributed by atoms with E-state index >= 15 is 0 Å². The number of carbonyl (C=O) groups excluding carboxylic acids is 3. The summed E-state index contributed by atoms with van der Waals surface area (Å²) in [5, 5.41) is 12.7. The molecule has 9 heteroatoms. The highest BCUT2D eigenvalue weighted by atomic mass is 32.2. The molecule has 1 aliphatic heterocycles. The van der Waals surface area contributed by atoms with Crippen molar-refractivity contribution in [2.24, 2.45) is 0 Å². The number of amides is 3. The van der Waals surface area contributed by atoms with Gasteiger partial charge in [0.15, 0.2) is 0 Å². The fourth-order valence-electron chi connectivity index (χ4n) is 2.18. The van der Waals surface area contributed by atoms with Crippen LogP contribution in [0.5, 0.6) is 0 Å². The maximum Gasteiger partial charge on any atom is 0.335 e. The molecule has 2 aromatic rings. The van der Waals surface area contributed by atoms with Crippen molar-refractivity contribution < 1.29 is 24.3 Å². The summed E-state index contributed by atoms with van der Waals surface area (Å²) in [6, 6.07) is 9.23. The molecule has 3 amide bonds. The Hall–Kier alpha value is -2.91. The van der Waals surface area contributed by atoms with Crippen molar-refractivity contribution in [1.82, 2.24) is 4.90 Å². The number of imide groups is 1. The van der Waals surface area contributed by atoms with Crippen molar-refractivity contribution >= 4 is 57.9 Å². The van der Waals surface area contributed by atoms with Crippen molar-refractivity contribution in [1.29, 1.82) is 0 Å². The summed E-state index contributed by atoms with van der Waals surface area (Å²) >= 11 is 2.23. The van der Waals surface area contributed by atoms with E-state index in [1.807, 2.05) is 17.5 Å². The molecule has 2 heterocycles. The number of carboxylic acids is 1. The van der Waals surface area contributed by atoms with Gasteiger partial charge in [-0.1, -0.05) is 6.07 Å². The molecule has 0 atom stereocenters. The van der Waals surface area contributed by atoms with Gasteiger partial charge in [-0.25, -0.2) is 4.79 Å². The van der Waals surface area contributed by atoms with Crippen LogP contribution in [0.3, 0.4) is 0 Å². The first-order valence-electron chi connectivity index (χ1n) is 7.36. The molecular weight excluding hydrogens is 376 g/mol. The van der Waals surface area contributed by atoms with Crippen LogP contribution in [-0.4, -0.2) is 39.6 Å². The molecule has 1 saturated heterocycles. The molecule has 2 N–H and O–H groups in total. The second-order valence-electron chi connectivity index (χ2n) is 5.21. The van der Waals surface area contributed by atoms with Crippen LogP contribution in [0, 0.1) is 0 Å².